The van der Waals surface area contributed by atoms with Crippen molar-refractivity contribution in [2.24, 2.45) is 5.73 Å². The first kappa shape index (κ1) is 14.5. The van der Waals surface area contributed by atoms with Crippen LogP contribution in [0.25, 0.3) is 0 Å². The van der Waals surface area contributed by atoms with Gasteiger partial charge in [0, 0.05) is 18.0 Å². The van der Waals surface area contributed by atoms with E-state index in [1.807, 2.05) is 0 Å². The number of nitrogens with two attached hydrogens (primary N) is 1. The third-order valence-corrected chi connectivity index (χ3v) is 5.02. The Balaban J connectivity index is 2.11. The fourth-order valence-corrected chi connectivity index (χ4v) is 3.17. The van der Waals surface area contributed by atoms with Crippen LogP contribution in [0.5, 0.6) is 0 Å². The van der Waals surface area contributed by atoms with Gasteiger partial charge in [0.05, 0.1) is 0 Å². The summed E-state index contributed by atoms with van der Waals surface area (Å²) in [7, 11) is 0. The zero-order valence-corrected chi connectivity index (χ0v) is 12.7. The molecule has 2 N–H and O–H groups in total. The number of aryl methyl sites for hydroxylation is 1. The molecule has 0 radical (unpaired) electrons. The van der Waals surface area contributed by atoms with Crippen molar-refractivity contribution in [2.45, 2.75) is 51.5 Å². The van der Waals surface area contributed by atoms with E-state index in [2.05, 4.69) is 49.9 Å². The van der Waals surface area contributed by atoms with Crippen LogP contribution in [-0.4, -0.2) is 30.6 Å². The van der Waals surface area contributed by atoms with Gasteiger partial charge in [0.25, 0.3) is 0 Å². The molecule has 1 heterocycles. The van der Waals surface area contributed by atoms with E-state index in [4.69, 9.17) is 5.73 Å². The van der Waals surface area contributed by atoms with E-state index in [0.717, 1.165) is 6.54 Å². The number of nitrogens with zero attached hydrogens (tertiary/aromatic N) is 1. The quantitative estimate of drug-likeness (QED) is 0.901. The Hall–Kier alpha value is -0.860. The largest absolute Gasteiger partial charge is 0.330 e. The van der Waals surface area contributed by atoms with Crippen LogP contribution in [0.3, 0.4) is 0 Å². The number of rotatable bonds is 4. The summed E-state index contributed by atoms with van der Waals surface area (Å²) in [4.78, 5) is 2.61. The first-order chi connectivity index (χ1) is 9.11. The van der Waals surface area contributed by atoms with Gasteiger partial charge >= 0.3 is 0 Å². The minimum atomic E-state index is 0.206. The number of piperidine rings is 1. The Bertz CT molecular complexity index is 388. The minimum absolute atomic E-state index is 0.206. The number of hydrogen-bond donors (Lipinski definition) is 1. The van der Waals surface area contributed by atoms with Crippen molar-refractivity contribution < 1.29 is 0 Å². The molecule has 1 saturated heterocycles. The molecule has 0 bridgehead atoms. The average Bonchev–Trinajstić information content (AvgIpc) is 2.47. The highest BCUT2D eigenvalue weighted by Gasteiger charge is 2.35. The maximum atomic E-state index is 6.14. The third-order valence-electron chi connectivity index (χ3n) is 5.02. The van der Waals surface area contributed by atoms with E-state index < -0.39 is 0 Å². The highest BCUT2D eigenvalue weighted by molar-refractivity contribution is 5.30. The summed E-state index contributed by atoms with van der Waals surface area (Å²) in [5.41, 5.74) is 9.11. The lowest BCUT2D eigenvalue weighted by Crippen LogP contribution is -2.49. The van der Waals surface area contributed by atoms with Crippen LogP contribution < -0.4 is 5.73 Å². The lowest BCUT2D eigenvalue weighted by atomic mass is 9.72. The van der Waals surface area contributed by atoms with Gasteiger partial charge in [0.2, 0.25) is 0 Å². The van der Waals surface area contributed by atoms with Crippen LogP contribution in [0, 0.1) is 6.92 Å². The zero-order valence-electron chi connectivity index (χ0n) is 12.7. The molecule has 0 amide bonds. The van der Waals surface area contributed by atoms with Gasteiger partial charge in [-0.25, -0.2) is 0 Å². The molecule has 0 aliphatic carbocycles. The average molecular weight is 260 g/mol. The second-order valence-electron chi connectivity index (χ2n) is 6.14. The van der Waals surface area contributed by atoms with Crippen LogP contribution in [0.15, 0.2) is 24.3 Å². The standard InChI is InChI=1S/C17H28N2/c1-4-15(3)19-11-9-17(13-18,10-12-19)16-7-5-14(2)6-8-16/h5-8,15H,4,9-13,18H2,1-3H3. The summed E-state index contributed by atoms with van der Waals surface area (Å²) in [5.74, 6) is 0. The highest BCUT2D eigenvalue weighted by atomic mass is 15.2. The molecule has 2 nitrogen and oxygen atoms in total. The monoisotopic (exact) mass is 260 g/mol. The Kier molecular flexibility index (Phi) is 4.64. The molecular formula is C17H28N2. The summed E-state index contributed by atoms with van der Waals surface area (Å²) >= 11 is 0. The van der Waals surface area contributed by atoms with Crippen molar-refractivity contribution in [3.8, 4) is 0 Å². The molecule has 0 saturated carbocycles. The maximum Gasteiger partial charge on any atom is 0.00998 e. The summed E-state index contributed by atoms with van der Waals surface area (Å²) in [6.07, 6.45) is 3.62. The Morgan fingerprint density at radius 3 is 2.26 bits per heavy atom. The normalized spacial score (nSPS) is 21.3. The predicted molar refractivity (Wildman–Crippen MR) is 82.5 cm³/mol. The summed E-state index contributed by atoms with van der Waals surface area (Å²) in [6.45, 7) is 9.88. The molecule has 0 spiro atoms. The first-order valence-electron chi connectivity index (χ1n) is 7.62. The molecule has 19 heavy (non-hydrogen) atoms. The summed E-state index contributed by atoms with van der Waals surface area (Å²) in [6, 6.07) is 9.69. The second-order valence-corrected chi connectivity index (χ2v) is 6.14. The fraction of sp³-hybridized carbons (Fsp3) is 0.647. The molecule has 1 unspecified atom stereocenters. The first-order valence-corrected chi connectivity index (χ1v) is 7.62. The van der Waals surface area contributed by atoms with Gasteiger partial charge < -0.3 is 10.6 Å². The van der Waals surface area contributed by atoms with Crippen LogP contribution >= 0.6 is 0 Å². The number of benzene rings is 1. The van der Waals surface area contributed by atoms with Crippen molar-refractivity contribution in [1.29, 1.82) is 0 Å². The molecule has 2 heteroatoms. The SMILES string of the molecule is CCC(C)N1CCC(CN)(c2ccc(C)cc2)CC1. The topological polar surface area (TPSA) is 29.3 Å². The molecule has 1 aliphatic rings. The number of hydrogen-bond acceptors (Lipinski definition) is 2. The molecule has 1 atom stereocenters. The van der Waals surface area contributed by atoms with Crippen molar-refractivity contribution in [2.75, 3.05) is 19.6 Å². The van der Waals surface area contributed by atoms with Crippen LogP contribution in [0.4, 0.5) is 0 Å². The molecule has 1 aromatic carbocycles. The van der Waals surface area contributed by atoms with E-state index in [9.17, 15) is 0 Å². The van der Waals surface area contributed by atoms with Crippen molar-refractivity contribution in [3.63, 3.8) is 0 Å². The number of likely N-dealkylation sites (tertiary alicyclic amines) is 1. The maximum absolute atomic E-state index is 6.14. The van der Waals surface area contributed by atoms with E-state index in [0.29, 0.717) is 6.04 Å². The predicted octanol–water partition coefficient (Wildman–Crippen LogP) is 3.09. The van der Waals surface area contributed by atoms with E-state index >= 15 is 0 Å². The smallest absolute Gasteiger partial charge is 0.00998 e. The molecule has 2 rings (SSSR count). The van der Waals surface area contributed by atoms with Gasteiger partial charge in [-0.3, -0.25) is 0 Å². The summed E-state index contributed by atoms with van der Waals surface area (Å²) < 4.78 is 0. The molecule has 1 aromatic rings. The van der Waals surface area contributed by atoms with Gasteiger partial charge in [-0.1, -0.05) is 36.8 Å². The van der Waals surface area contributed by atoms with Crippen molar-refractivity contribution >= 4 is 0 Å². The Morgan fingerprint density at radius 2 is 1.79 bits per heavy atom. The van der Waals surface area contributed by atoms with Gasteiger partial charge in [0.15, 0.2) is 0 Å². The van der Waals surface area contributed by atoms with E-state index in [-0.39, 0.29) is 5.41 Å². The Labute approximate surface area is 118 Å². The summed E-state index contributed by atoms with van der Waals surface area (Å²) in [5, 5.41) is 0. The third kappa shape index (κ3) is 3.01. The molecule has 1 fully saturated rings. The van der Waals surface area contributed by atoms with E-state index in [1.54, 1.807) is 0 Å². The molecule has 106 valence electrons. The van der Waals surface area contributed by atoms with Gasteiger partial charge in [-0.2, -0.15) is 0 Å². The van der Waals surface area contributed by atoms with Gasteiger partial charge in [-0.15, -0.1) is 0 Å². The molecule has 1 aliphatic heterocycles. The second kappa shape index (κ2) is 6.06. The lowest BCUT2D eigenvalue weighted by molar-refractivity contribution is 0.122. The van der Waals surface area contributed by atoms with Gasteiger partial charge in [-0.05, 0) is 51.8 Å². The van der Waals surface area contributed by atoms with Crippen LogP contribution in [-0.2, 0) is 5.41 Å². The fourth-order valence-electron chi connectivity index (χ4n) is 3.17. The van der Waals surface area contributed by atoms with E-state index in [1.165, 1.54) is 43.5 Å². The van der Waals surface area contributed by atoms with Crippen LogP contribution in [0.2, 0.25) is 0 Å². The minimum Gasteiger partial charge on any atom is -0.330 e. The molecular weight excluding hydrogens is 232 g/mol. The zero-order chi connectivity index (χ0) is 13.9. The van der Waals surface area contributed by atoms with Crippen LogP contribution in [0.1, 0.15) is 44.2 Å². The Morgan fingerprint density at radius 1 is 1.21 bits per heavy atom. The highest BCUT2D eigenvalue weighted by Crippen LogP contribution is 2.35. The van der Waals surface area contributed by atoms with Crippen molar-refractivity contribution in [3.05, 3.63) is 35.4 Å². The molecule has 0 aromatic heterocycles. The van der Waals surface area contributed by atoms with Gasteiger partial charge in [0.1, 0.15) is 0 Å². The lowest BCUT2D eigenvalue weighted by Gasteiger charge is -2.43. The van der Waals surface area contributed by atoms with Crippen molar-refractivity contribution in [1.82, 2.24) is 4.90 Å².